The van der Waals surface area contributed by atoms with Crippen LogP contribution in [0.2, 0.25) is 0 Å². The minimum atomic E-state index is -0.603. The van der Waals surface area contributed by atoms with Crippen molar-refractivity contribution in [2.24, 2.45) is 0 Å². The van der Waals surface area contributed by atoms with Crippen LogP contribution in [0.3, 0.4) is 0 Å². The van der Waals surface area contributed by atoms with E-state index < -0.39 is 4.92 Å². The van der Waals surface area contributed by atoms with Crippen LogP contribution in [0, 0.1) is 10.1 Å². The summed E-state index contributed by atoms with van der Waals surface area (Å²) in [4.78, 5) is 30.1. The Kier molecular flexibility index (Phi) is 4.60. The van der Waals surface area contributed by atoms with Gasteiger partial charge in [0.05, 0.1) is 16.0 Å². The Bertz CT molecular complexity index is 902. The first-order chi connectivity index (χ1) is 12.0. The van der Waals surface area contributed by atoms with E-state index in [1.54, 1.807) is 0 Å². The number of amides is 1. The van der Waals surface area contributed by atoms with Gasteiger partial charge in [-0.1, -0.05) is 12.1 Å². The molecule has 3 aromatic rings. The highest BCUT2D eigenvalue weighted by Crippen LogP contribution is 2.22. The van der Waals surface area contributed by atoms with Crippen LogP contribution in [0.4, 0.5) is 11.4 Å². The van der Waals surface area contributed by atoms with Gasteiger partial charge in [0.1, 0.15) is 11.5 Å². The third-order valence-corrected chi connectivity index (χ3v) is 3.80. The molecule has 0 unspecified atom stereocenters. The van der Waals surface area contributed by atoms with E-state index in [0.29, 0.717) is 19.4 Å². The lowest BCUT2D eigenvalue weighted by Crippen LogP contribution is -2.25. The second-order valence-electron chi connectivity index (χ2n) is 5.59. The van der Waals surface area contributed by atoms with Gasteiger partial charge in [0.25, 0.3) is 11.6 Å². The number of anilines is 1. The van der Waals surface area contributed by atoms with Crippen LogP contribution in [0.5, 0.6) is 0 Å². The fourth-order valence-electron chi connectivity index (χ4n) is 2.53. The summed E-state index contributed by atoms with van der Waals surface area (Å²) in [5.41, 5.74) is 7.40. The first kappa shape index (κ1) is 16.4. The Labute approximate surface area is 143 Å². The van der Waals surface area contributed by atoms with Crippen molar-refractivity contribution >= 4 is 28.3 Å². The summed E-state index contributed by atoms with van der Waals surface area (Å²) in [6.45, 7) is 0.439. The van der Waals surface area contributed by atoms with Crippen LogP contribution in [-0.2, 0) is 6.42 Å². The predicted molar refractivity (Wildman–Crippen MR) is 94.3 cm³/mol. The van der Waals surface area contributed by atoms with Gasteiger partial charge in [0.15, 0.2) is 0 Å². The Morgan fingerprint density at radius 2 is 2.08 bits per heavy atom. The zero-order valence-electron chi connectivity index (χ0n) is 13.4. The van der Waals surface area contributed by atoms with Crippen LogP contribution in [0.25, 0.3) is 11.0 Å². The molecule has 1 heterocycles. The number of nitrogen functional groups attached to an aromatic ring is 1. The van der Waals surface area contributed by atoms with Crippen molar-refractivity contribution < 1.29 is 9.72 Å². The molecule has 8 nitrogen and oxygen atoms in total. The number of carbonyl (C=O) groups is 1. The number of H-pyrrole nitrogens is 1. The fraction of sp³-hybridized carbons (Fsp3) is 0.176. The van der Waals surface area contributed by atoms with E-state index >= 15 is 0 Å². The molecule has 0 aliphatic heterocycles. The zero-order valence-corrected chi connectivity index (χ0v) is 13.4. The van der Waals surface area contributed by atoms with E-state index in [4.69, 9.17) is 5.73 Å². The third kappa shape index (κ3) is 3.74. The van der Waals surface area contributed by atoms with Gasteiger partial charge in [0.2, 0.25) is 0 Å². The summed E-state index contributed by atoms with van der Waals surface area (Å²) in [6.07, 6.45) is 1.39. The lowest BCUT2D eigenvalue weighted by molar-refractivity contribution is -0.383. The Hall–Kier alpha value is -3.42. The highest BCUT2D eigenvalue weighted by atomic mass is 16.6. The van der Waals surface area contributed by atoms with E-state index in [-0.39, 0.29) is 22.8 Å². The minimum absolute atomic E-state index is 0.0337. The number of nitrogens with two attached hydrogens (primary N) is 1. The molecule has 0 aliphatic carbocycles. The highest BCUT2D eigenvalue weighted by molar-refractivity contribution is 5.95. The molecule has 128 valence electrons. The van der Waals surface area contributed by atoms with Crippen LogP contribution < -0.4 is 11.1 Å². The number of fused-ring (bicyclic) bond motifs is 1. The number of aromatic nitrogens is 2. The van der Waals surface area contributed by atoms with E-state index in [9.17, 15) is 14.9 Å². The summed E-state index contributed by atoms with van der Waals surface area (Å²) >= 11 is 0. The average molecular weight is 339 g/mol. The third-order valence-electron chi connectivity index (χ3n) is 3.80. The topological polar surface area (TPSA) is 127 Å². The first-order valence-corrected chi connectivity index (χ1v) is 7.80. The Morgan fingerprint density at radius 1 is 1.28 bits per heavy atom. The minimum Gasteiger partial charge on any atom is -0.393 e. The van der Waals surface area contributed by atoms with Gasteiger partial charge in [-0.25, -0.2) is 4.98 Å². The van der Waals surface area contributed by atoms with Crippen LogP contribution in [-0.4, -0.2) is 27.3 Å². The van der Waals surface area contributed by atoms with Crippen LogP contribution in [0.15, 0.2) is 42.5 Å². The quantitative estimate of drug-likeness (QED) is 0.275. The van der Waals surface area contributed by atoms with Gasteiger partial charge in [-0.15, -0.1) is 0 Å². The highest BCUT2D eigenvalue weighted by Gasteiger charge is 2.15. The summed E-state index contributed by atoms with van der Waals surface area (Å²) in [5.74, 6) is 0.492. The molecule has 1 amide bonds. The zero-order chi connectivity index (χ0) is 17.8. The second-order valence-corrected chi connectivity index (χ2v) is 5.59. The van der Waals surface area contributed by atoms with Crippen molar-refractivity contribution in [3.8, 4) is 0 Å². The molecule has 0 aliphatic rings. The van der Waals surface area contributed by atoms with E-state index in [0.717, 1.165) is 16.9 Å². The predicted octanol–water partition coefficient (Wildman–Crippen LogP) is 2.42. The van der Waals surface area contributed by atoms with Crippen molar-refractivity contribution in [1.82, 2.24) is 15.3 Å². The Balaban J connectivity index is 1.54. The molecular weight excluding hydrogens is 322 g/mol. The smallest absolute Gasteiger partial charge is 0.292 e. The number of aromatic amines is 1. The lowest BCUT2D eigenvalue weighted by atomic mass is 10.1. The molecule has 0 bridgehead atoms. The molecule has 0 saturated heterocycles. The van der Waals surface area contributed by atoms with E-state index in [2.05, 4.69) is 15.3 Å². The molecule has 0 atom stereocenters. The number of nitrogens with one attached hydrogen (secondary N) is 2. The molecule has 8 heteroatoms. The summed E-state index contributed by atoms with van der Waals surface area (Å²) in [6, 6.07) is 11.8. The number of aryl methyl sites for hydroxylation is 1. The van der Waals surface area contributed by atoms with Gasteiger partial charge in [-0.2, -0.15) is 0 Å². The largest absolute Gasteiger partial charge is 0.393 e. The maximum Gasteiger partial charge on any atom is 0.292 e. The summed E-state index contributed by atoms with van der Waals surface area (Å²) in [7, 11) is 0. The van der Waals surface area contributed by atoms with E-state index in [1.807, 2.05) is 24.3 Å². The number of para-hydroxylation sites is 2. The van der Waals surface area contributed by atoms with Crippen LogP contribution in [0.1, 0.15) is 22.6 Å². The number of nitro benzene ring substituents is 1. The van der Waals surface area contributed by atoms with Gasteiger partial charge in [-0.3, -0.25) is 14.9 Å². The number of imidazole rings is 1. The maximum atomic E-state index is 12.1. The van der Waals surface area contributed by atoms with Gasteiger partial charge in [0, 0.05) is 24.6 Å². The van der Waals surface area contributed by atoms with Crippen molar-refractivity contribution in [3.63, 3.8) is 0 Å². The number of benzene rings is 2. The maximum absolute atomic E-state index is 12.1. The monoisotopic (exact) mass is 339 g/mol. The van der Waals surface area contributed by atoms with Gasteiger partial charge < -0.3 is 16.0 Å². The van der Waals surface area contributed by atoms with Crippen LogP contribution >= 0.6 is 0 Å². The standard InChI is InChI=1S/C17H17N5O3/c18-12-8-7-11(10-15(12)22(24)25)17(23)19-9-3-6-16-20-13-4-1-2-5-14(13)21-16/h1-2,4-5,7-8,10H,3,6,9,18H2,(H,19,23)(H,20,21). The molecule has 1 aromatic heterocycles. The number of hydrogen-bond donors (Lipinski definition) is 3. The number of rotatable bonds is 6. The SMILES string of the molecule is Nc1ccc(C(=O)NCCCc2nc3ccccc3[nH]2)cc1[N+](=O)[O-]. The molecular formula is C17H17N5O3. The molecule has 3 rings (SSSR count). The Morgan fingerprint density at radius 3 is 2.84 bits per heavy atom. The first-order valence-electron chi connectivity index (χ1n) is 7.80. The lowest BCUT2D eigenvalue weighted by Gasteiger charge is -2.05. The van der Waals surface area contributed by atoms with Gasteiger partial charge >= 0.3 is 0 Å². The molecule has 4 N–H and O–H groups in total. The molecule has 2 aromatic carbocycles. The number of hydrogen-bond acceptors (Lipinski definition) is 5. The fourth-order valence-corrected chi connectivity index (χ4v) is 2.53. The summed E-state index contributed by atoms with van der Waals surface area (Å²) in [5, 5.41) is 13.6. The number of carbonyl (C=O) groups excluding carboxylic acids is 1. The molecule has 0 radical (unpaired) electrons. The van der Waals surface area contributed by atoms with Crippen molar-refractivity contribution in [2.45, 2.75) is 12.8 Å². The van der Waals surface area contributed by atoms with Crippen molar-refractivity contribution in [2.75, 3.05) is 12.3 Å². The summed E-state index contributed by atoms with van der Waals surface area (Å²) < 4.78 is 0. The number of nitro groups is 1. The normalized spacial score (nSPS) is 10.7. The van der Waals surface area contributed by atoms with Gasteiger partial charge in [-0.05, 0) is 30.7 Å². The second kappa shape index (κ2) is 7.00. The van der Waals surface area contributed by atoms with E-state index in [1.165, 1.54) is 18.2 Å². The molecule has 0 spiro atoms. The molecule has 0 fully saturated rings. The van der Waals surface area contributed by atoms with Crippen molar-refractivity contribution in [3.05, 3.63) is 64.0 Å². The molecule has 0 saturated carbocycles. The average Bonchev–Trinajstić information content (AvgIpc) is 3.01. The van der Waals surface area contributed by atoms with Crippen molar-refractivity contribution in [1.29, 1.82) is 0 Å². The molecule has 25 heavy (non-hydrogen) atoms. The number of nitrogens with zero attached hydrogens (tertiary/aromatic N) is 2.